The summed E-state index contributed by atoms with van der Waals surface area (Å²) in [5, 5.41) is 6.40. The molecule has 16 heavy (non-hydrogen) atoms. The molecule has 0 saturated heterocycles. The highest BCUT2D eigenvalue weighted by molar-refractivity contribution is 5.81. The second-order valence-corrected chi connectivity index (χ2v) is 5.51. The maximum absolute atomic E-state index is 11.8. The van der Waals surface area contributed by atoms with Gasteiger partial charge in [0.1, 0.15) is 0 Å². The van der Waals surface area contributed by atoms with E-state index in [1.165, 1.54) is 12.8 Å². The van der Waals surface area contributed by atoms with Crippen LogP contribution in [0.2, 0.25) is 0 Å². The molecule has 0 bridgehead atoms. The first-order valence-electron chi connectivity index (χ1n) is 6.52. The summed E-state index contributed by atoms with van der Waals surface area (Å²) in [6.45, 7) is 9.27. The zero-order valence-corrected chi connectivity index (χ0v) is 11.1. The average Bonchev–Trinajstić information content (AvgIpc) is 3.00. The second-order valence-electron chi connectivity index (χ2n) is 5.51. The summed E-state index contributed by atoms with van der Waals surface area (Å²) in [7, 11) is 0. The summed E-state index contributed by atoms with van der Waals surface area (Å²) in [4.78, 5) is 11.8. The van der Waals surface area contributed by atoms with Gasteiger partial charge in [0.2, 0.25) is 5.91 Å². The lowest BCUT2D eigenvalue weighted by Crippen LogP contribution is -2.52. The first-order valence-corrected chi connectivity index (χ1v) is 6.52. The maximum atomic E-state index is 11.8. The standard InChI is InChI=1S/C13H26N2O/c1-5-6-9-14-12(16)10(2)15-13(3,4)11-7-8-11/h10-11,15H,5-9H2,1-4H3,(H,14,16). The van der Waals surface area contributed by atoms with E-state index in [0.29, 0.717) is 0 Å². The third-order valence-electron chi connectivity index (χ3n) is 3.41. The fourth-order valence-corrected chi connectivity index (χ4v) is 2.09. The molecule has 94 valence electrons. The van der Waals surface area contributed by atoms with Crippen molar-refractivity contribution >= 4 is 5.91 Å². The van der Waals surface area contributed by atoms with Crippen LogP contribution < -0.4 is 10.6 Å². The fourth-order valence-electron chi connectivity index (χ4n) is 2.09. The number of hydrogen-bond acceptors (Lipinski definition) is 2. The Morgan fingerprint density at radius 2 is 2.06 bits per heavy atom. The van der Waals surface area contributed by atoms with Crippen LogP contribution in [0.4, 0.5) is 0 Å². The highest BCUT2D eigenvalue weighted by atomic mass is 16.2. The lowest BCUT2D eigenvalue weighted by molar-refractivity contribution is -0.123. The number of amides is 1. The molecule has 1 aliphatic rings. The van der Waals surface area contributed by atoms with E-state index in [-0.39, 0.29) is 17.5 Å². The molecular formula is C13H26N2O. The highest BCUT2D eigenvalue weighted by Crippen LogP contribution is 2.39. The summed E-state index contributed by atoms with van der Waals surface area (Å²) in [6.07, 6.45) is 4.77. The zero-order valence-electron chi connectivity index (χ0n) is 11.1. The van der Waals surface area contributed by atoms with Crippen LogP contribution in [0.25, 0.3) is 0 Å². The summed E-state index contributed by atoms with van der Waals surface area (Å²) in [5.74, 6) is 0.876. The molecule has 1 saturated carbocycles. The summed E-state index contributed by atoms with van der Waals surface area (Å²) in [5.41, 5.74) is 0.0987. The largest absolute Gasteiger partial charge is 0.355 e. The van der Waals surface area contributed by atoms with E-state index < -0.39 is 0 Å². The van der Waals surface area contributed by atoms with Crippen molar-refractivity contribution in [2.24, 2.45) is 5.92 Å². The zero-order chi connectivity index (χ0) is 12.2. The average molecular weight is 226 g/mol. The molecule has 1 aliphatic carbocycles. The van der Waals surface area contributed by atoms with E-state index in [1.807, 2.05) is 6.92 Å². The van der Waals surface area contributed by atoms with Crippen molar-refractivity contribution in [1.29, 1.82) is 0 Å². The number of rotatable bonds is 7. The minimum Gasteiger partial charge on any atom is -0.355 e. The molecule has 1 fully saturated rings. The van der Waals surface area contributed by atoms with Gasteiger partial charge in [0.05, 0.1) is 6.04 Å². The number of carbonyl (C=O) groups excluding carboxylic acids is 1. The molecule has 0 aromatic rings. The fraction of sp³-hybridized carbons (Fsp3) is 0.923. The smallest absolute Gasteiger partial charge is 0.236 e. The molecular weight excluding hydrogens is 200 g/mol. The normalized spacial score (nSPS) is 18.2. The van der Waals surface area contributed by atoms with E-state index in [1.54, 1.807) is 0 Å². The number of carbonyl (C=O) groups is 1. The maximum Gasteiger partial charge on any atom is 0.236 e. The van der Waals surface area contributed by atoms with Crippen molar-refractivity contribution in [2.45, 2.75) is 65.0 Å². The van der Waals surface area contributed by atoms with Crippen LogP contribution in [0.15, 0.2) is 0 Å². The molecule has 1 amide bonds. The van der Waals surface area contributed by atoms with Crippen molar-refractivity contribution in [3.8, 4) is 0 Å². The first-order chi connectivity index (χ1) is 7.47. The van der Waals surface area contributed by atoms with Gasteiger partial charge in [0.15, 0.2) is 0 Å². The molecule has 3 heteroatoms. The Hall–Kier alpha value is -0.570. The van der Waals surface area contributed by atoms with E-state index in [4.69, 9.17) is 0 Å². The van der Waals surface area contributed by atoms with E-state index in [2.05, 4.69) is 31.4 Å². The van der Waals surface area contributed by atoms with Crippen molar-refractivity contribution in [3.63, 3.8) is 0 Å². The molecule has 0 heterocycles. The summed E-state index contributed by atoms with van der Waals surface area (Å²) < 4.78 is 0. The van der Waals surface area contributed by atoms with Crippen LogP contribution in [0.3, 0.4) is 0 Å². The van der Waals surface area contributed by atoms with Gasteiger partial charge in [-0.25, -0.2) is 0 Å². The van der Waals surface area contributed by atoms with Gasteiger partial charge >= 0.3 is 0 Å². The molecule has 0 spiro atoms. The third kappa shape index (κ3) is 4.12. The Balaban J connectivity index is 2.27. The molecule has 0 radical (unpaired) electrons. The van der Waals surface area contributed by atoms with Crippen LogP contribution in [-0.4, -0.2) is 24.0 Å². The Bertz CT molecular complexity index is 234. The van der Waals surface area contributed by atoms with Crippen molar-refractivity contribution in [1.82, 2.24) is 10.6 Å². The minimum absolute atomic E-state index is 0.0903. The molecule has 1 rings (SSSR count). The molecule has 1 atom stereocenters. The van der Waals surface area contributed by atoms with Crippen molar-refractivity contribution in [2.75, 3.05) is 6.54 Å². The molecule has 1 unspecified atom stereocenters. The first kappa shape index (κ1) is 13.5. The Morgan fingerprint density at radius 3 is 2.56 bits per heavy atom. The van der Waals surface area contributed by atoms with Crippen LogP contribution >= 0.6 is 0 Å². The van der Waals surface area contributed by atoms with Crippen molar-refractivity contribution < 1.29 is 4.79 Å². The van der Waals surface area contributed by atoms with E-state index in [0.717, 1.165) is 25.3 Å². The van der Waals surface area contributed by atoms with Crippen LogP contribution in [-0.2, 0) is 4.79 Å². The van der Waals surface area contributed by atoms with E-state index >= 15 is 0 Å². The quantitative estimate of drug-likeness (QED) is 0.653. The van der Waals surface area contributed by atoms with Crippen LogP contribution in [0, 0.1) is 5.92 Å². The topological polar surface area (TPSA) is 41.1 Å². The monoisotopic (exact) mass is 226 g/mol. The molecule has 0 aromatic heterocycles. The summed E-state index contributed by atoms with van der Waals surface area (Å²) in [6, 6.07) is -0.0903. The van der Waals surface area contributed by atoms with Crippen molar-refractivity contribution in [3.05, 3.63) is 0 Å². The SMILES string of the molecule is CCCCNC(=O)C(C)NC(C)(C)C1CC1. The predicted octanol–water partition coefficient (Wildman–Crippen LogP) is 2.07. The Labute approximate surface area is 99.4 Å². The van der Waals surface area contributed by atoms with Gasteiger partial charge in [-0.3, -0.25) is 4.79 Å². The van der Waals surface area contributed by atoms with Gasteiger partial charge in [-0.05, 0) is 46.0 Å². The highest BCUT2D eigenvalue weighted by Gasteiger charge is 2.38. The number of hydrogen-bond donors (Lipinski definition) is 2. The summed E-state index contributed by atoms with van der Waals surface area (Å²) >= 11 is 0. The van der Waals surface area contributed by atoms with Gasteiger partial charge < -0.3 is 10.6 Å². The molecule has 0 aliphatic heterocycles. The lowest BCUT2D eigenvalue weighted by Gasteiger charge is -2.29. The predicted molar refractivity (Wildman–Crippen MR) is 67.3 cm³/mol. The molecule has 3 nitrogen and oxygen atoms in total. The third-order valence-corrected chi connectivity index (χ3v) is 3.41. The van der Waals surface area contributed by atoms with Gasteiger partial charge in [-0.15, -0.1) is 0 Å². The number of unbranched alkanes of at least 4 members (excludes halogenated alkanes) is 1. The minimum atomic E-state index is -0.0903. The Morgan fingerprint density at radius 1 is 1.44 bits per heavy atom. The van der Waals surface area contributed by atoms with Gasteiger partial charge in [-0.2, -0.15) is 0 Å². The molecule has 2 N–H and O–H groups in total. The molecule has 0 aromatic carbocycles. The number of nitrogens with one attached hydrogen (secondary N) is 2. The van der Waals surface area contributed by atoms with Gasteiger partial charge in [0.25, 0.3) is 0 Å². The second kappa shape index (κ2) is 5.67. The van der Waals surface area contributed by atoms with Gasteiger partial charge in [0, 0.05) is 12.1 Å². The van der Waals surface area contributed by atoms with Crippen LogP contribution in [0.1, 0.15) is 53.4 Å². The van der Waals surface area contributed by atoms with Crippen LogP contribution in [0.5, 0.6) is 0 Å². The lowest BCUT2D eigenvalue weighted by atomic mass is 9.97. The van der Waals surface area contributed by atoms with E-state index in [9.17, 15) is 4.79 Å². The van der Waals surface area contributed by atoms with Gasteiger partial charge in [-0.1, -0.05) is 13.3 Å². The Kier molecular flexibility index (Phi) is 4.78.